The molecule has 1 saturated carbocycles. The minimum Gasteiger partial charge on any atom is -0.327 e. The maximum atomic E-state index is 6.14. The third kappa shape index (κ3) is 3.69. The lowest BCUT2D eigenvalue weighted by atomic mass is 9.82. The lowest BCUT2D eigenvalue weighted by molar-refractivity contribution is 0.0951. The Morgan fingerprint density at radius 2 is 1.82 bits per heavy atom. The van der Waals surface area contributed by atoms with Crippen LogP contribution < -0.4 is 5.73 Å². The Morgan fingerprint density at radius 1 is 1.12 bits per heavy atom. The van der Waals surface area contributed by atoms with Gasteiger partial charge >= 0.3 is 0 Å². The Bertz CT molecular complexity index is 219. The van der Waals surface area contributed by atoms with Gasteiger partial charge in [0.25, 0.3) is 0 Å². The van der Waals surface area contributed by atoms with E-state index in [0.717, 1.165) is 11.8 Å². The van der Waals surface area contributed by atoms with Gasteiger partial charge in [0.2, 0.25) is 0 Å². The zero-order valence-electron chi connectivity index (χ0n) is 11.7. The standard InChI is InChI=1S/C15H30N2/c1-12-6-8-14(9-7-12)11-17-10-4-3-5-15(17)13(2)16/h12-15H,3-11,16H2,1-2H3. The van der Waals surface area contributed by atoms with Crippen LogP contribution in [-0.2, 0) is 0 Å². The van der Waals surface area contributed by atoms with E-state index in [1.807, 2.05) is 0 Å². The topological polar surface area (TPSA) is 29.3 Å². The summed E-state index contributed by atoms with van der Waals surface area (Å²) in [5.41, 5.74) is 6.14. The summed E-state index contributed by atoms with van der Waals surface area (Å²) < 4.78 is 0. The van der Waals surface area contributed by atoms with Gasteiger partial charge in [-0.25, -0.2) is 0 Å². The maximum absolute atomic E-state index is 6.14. The van der Waals surface area contributed by atoms with E-state index in [0.29, 0.717) is 12.1 Å². The van der Waals surface area contributed by atoms with E-state index >= 15 is 0 Å². The summed E-state index contributed by atoms with van der Waals surface area (Å²) in [6.07, 6.45) is 9.87. The summed E-state index contributed by atoms with van der Waals surface area (Å²) in [5, 5.41) is 0. The molecule has 0 spiro atoms. The monoisotopic (exact) mass is 238 g/mol. The fourth-order valence-corrected chi connectivity index (χ4v) is 3.68. The van der Waals surface area contributed by atoms with Gasteiger partial charge in [0.1, 0.15) is 0 Å². The van der Waals surface area contributed by atoms with Crippen LogP contribution in [0, 0.1) is 11.8 Å². The van der Waals surface area contributed by atoms with Crippen LogP contribution in [-0.4, -0.2) is 30.1 Å². The highest BCUT2D eigenvalue weighted by Crippen LogP contribution is 2.30. The molecule has 1 heterocycles. The first-order valence-electron chi connectivity index (χ1n) is 7.66. The van der Waals surface area contributed by atoms with E-state index in [9.17, 15) is 0 Å². The zero-order chi connectivity index (χ0) is 12.3. The highest BCUT2D eigenvalue weighted by Gasteiger charge is 2.28. The Morgan fingerprint density at radius 3 is 2.47 bits per heavy atom. The number of likely N-dealkylation sites (tertiary alicyclic amines) is 1. The zero-order valence-corrected chi connectivity index (χ0v) is 11.7. The minimum absolute atomic E-state index is 0.345. The lowest BCUT2D eigenvalue weighted by Gasteiger charge is -2.41. The largest absolute Gasteiger partial charge is 0.327 e. The first kappa shape index (κ1) is 13.4. The molecule has 0 aromatic rings. The number of nitrogens with zero attached hydrogens (tertiary/aromatic N) is 1. The van der Waals surface area contributed by atoms with Crippen LogP contribution in [0.3, 0.4) is 0 Å². The molecule has 1 saturated heterocycles. The molecule has 2 aliphatic rings. The molecule has 0 aromatic carbocycles. The average molecular weight is 238 g/mol. The van der Waals surface area contributed by atoms with E-state index in [1.54, 1.807) is 0 Å². The first-order chi connectivity index (χ1) is 8.16. The normalized spacial score (nSPS) is 37.9. The molecule has 2 unspecified atom stereocenters. The van der Waals surface area contributed by atoms with Gasteiger partial charge < -0.3 is 5.73 Å². The highest BCUT2D eigenvalue weighted by molar-refractivity contribution is 4.85. The van der Waals surface area contributed by atoms with E-state index in [2.05, 4.69) is 18.7 Å². The third-order valence-corrected chi connectivity index (χ3v) is 4.90. The van der Waals surface area contributed by atoms with Crippen LogP contribution in [0.2, 0.25) is 0 Å². The summed E-state index contributed by atoms with van der Waals surface area (Å²) in [6, 6.07) is 1.00. The molecule has 17 heavy (non-hydrogen) atoms. The van der Waals surface area contributed by atoms with Crippen molar-refractivity contribution in [3.8, 4) is 0 Å². The second-order valence-electron chi connectivity index (χ2n) is 6.54. The molecule has 2 atom stereocenters. The van der Waals surface area contributed by atoms with Crippen molar-refractivity contribution in [1.29, 1.82) is 0 Å². The Balaban J connectivity index is 1.83. The smallest absolute Gasteiger partial charge is 0.0244 e. The average Bonchev–Trinajstić information content (AvgIpc) is 2.32. The summed E-state index contributed by atoms with van der Waals surface area (Å²) in [4.78, 5) is 2.70. The molecule has 0 aromatic heterocycles. The fraction of sp³-hybridized carbons (Fsp3) is 1.00. The Kier molecular flexibility index (Phi) is 4.87. The Labute approximate surface area is 107 Å². The van der Waals surface area contributed by atoms with Gasteiger partial charge in [-0.1, -0.05) is 26.2 Å². The highest BCUT2D eigenvalue weighted by atomic mass is 15.2. The lowest BCUT2D eigenvalue weighted by Crippen LogP contribution is -2.50. The van der Waals surface area contributed by atoms with Crippen LogP contribution in [0.25, 0.3) is 0 Å². The summed E-state index contributed by atoms with van der Waals surface area (Å²) in [7, 11) is 0. The quantitative estimate of drug-likeness (QED) is 0.819. The van der Waals surface area contributed by atoms with Crippen molar-refractivity contribution in [3.63, 3.8) is 0 Å². The SMILES string of the molecule is CC1CCC(CN2CCCCC2C(C)N)CC1. The van der Waals surface area contributed by atoms with Gasteiger partial charge in [0.05, 0.1) is 0 Å². The molecule has 2 heteroatoms. The number of rotatable bonds is 3. The van der Waals surface area contributed by atoms with Crippen molar-refractivity contribution in [2.24, 2.45) is 17.6 Å². The first-order valence-corrected chi connectivity index (χ1v) is 7.66. The molecule has 2 fully saturated rings. The molecule has 1 aliphatic carbocycles. The van der Waals surface area contributed by atoms with Crippen LogP contribution in [0.15, 0.2) is 0 Å². The maximum Gasteiger partial charge on any atom is 0.0244 e. The van der Waals surface area contributed by atoms with Gasteiger partial charge in [-0.05, 0) is 51.0 Å². The van der Waals surface area contributed by atoms with Gasteiger partial charge in [-0.15, -0.1) is 0 Å². The molecule has 100 valence electrons. The molecule has 0 bridgehead atoms. The Hall–Kier alpha value is -0.0800. The number of nitrogens with two attached hydrogens (primary N) is 1. The minimum atomic E-state index is 0.345. The molecule has 0 radical (unpaired) electrons. The van der Waals surface area contributed by atoms with Crippen molar-refractivity contribution < 1.29 is 0 Å². The van der Waals surface area contributed by atoms with E-state index < -0.39 is 0 Å². The molecule has 2 rings (SSSR count). The van der Waals surface area contributed by atoms with Crippen LogP contribution in [0.4, 0.5) is 0 Å². The van der Waals surface area contributed by atoms with Crippen molar-refractivity contribution in [2.45, 2.75) is 70.9 Å². The molecular weight excluding hydrogens is 208 g/mol. The van der Waals surface area contributed by atoms with E-state index in [1.165, 1.54) is 58.0 Å². The second kappa shape index (κ2) is 6.19. The fourth-order valence-electron chi connectivity index (χ4n) is 3.68. The number of hydrogen-bond acceptors (Lipinski definition) is 2. The summed E-state index contributed by atoms with van der Waals surface area (Å²) in [5.74, 6) is 1.92. The van der Waals surface area contributed by atoms with Gasteiger partial charge in [0.15, 0.2) is 0 Å². The van der Waals surface area contributed by atoms with E-state index in [4.69, 9.17) is 5.73 Å². The third-order valence-electron chi connectivity index (χ3n) is 4.90. The predicted octanol–water partition coefficient (Wildman–Crippen LogP) is 3.01. The van der Waals surface area contributed by atoms with Crippen LogP contribution in [0.1, 0.15) is 58.8 Å². The van der Waals surface area contributed by atoms with Crippen LogP contribution >= 0.6 is 0 Å². The van der Waals surface area contributed by atoms with Gasteiger partial charge in [-0.3, -0.25) is 4.90 Å². The van der Waals surface area contributed by atoms with Crippen molar-refractivity contribution in [3.05, 3.63) is 0 Å². The predicted molar refractivity (Wildman–Crippen MR) is 74.0 cm³/mol. The van der Waals surface area contributed by atoms with Crippen molar-refractivity contribution in [1.82, 2.24) is 4.90 Å². The van der Waals surface area contributed by atoms with Crippen molar-refractivity contribution >= 4 is 0 Å². The van der Waals surface area contributed by atoms with Crippen LogP contribution in [0.5, 0.6) is 0 Å². The van der Waals surface area contributed by atoms with Gasteiger partial charge in [-0.2, -0.15) is 0 Å². The second-order valence-corrected chi connectivity index (χ2v) is 6.54. The number of hydrogen-bond donors (Lipinski definition) is 1. The van der Waals surface area contributed by atoms with Crippen molar-refractivity contribution in [2.75, 3.05) is 13.1 Å². The molecule has 0 amide bonds. The van der Waals surface area contributed by atoms with Gasteiger partial charge in [0, 0.05) is 18.6 Å². The molecule has 2 N–H and O–H groups in total. The van der Waals surface area contributed by atoms with E-state index in [-0.39, 0.29) is 0 Å². The summed E-state index contributed by atoms with van der Waals surface area (Å²) in [6.45, 7) is 7.20. The summed E-state index contributed by atoms with van der Waals surface area (Å²) >= 11 is 0. The molecular formula is C15H30N2. The molecule has 2 nitrogen and oxygen atoms in total. The molecule has 1 aliphatic heterocycles. The number of piperidine rings is 1.